The SMILES string of the molecule is CCC1NC(=O)CCN(CCCS(C)(=O)=O)C1=O. The van der Waals surface area contributed by atoms with E-state index in [4.69, 9.17) is 0 Å². The van der Waals surface area contributed by atoms with Gasteiger partial charge >= 0.3 is 0 Å². The van der Waals surface area contributed by atoms with Gasteiger partial charge in [-0.3, -0.25) is 9.59 Å². The van der Waals surface area contributed by atoms with Crippen LogP contribution >= 0.6 is 0 Å². The van der Waals surface area contributed by atoms with Crippen LogP contribution in [0, 0.1) is 0 Å². The van der Waals surface area contributed by atoms with Crippen molar-refractivity contribution in [3.8, 4) is 0 Å². The van der Waals surface area contributed by atoms with Crippen LogP contribution < -0.4 is 5.32 Å². The van der Waals surface area contributed by atoms with E-state index >= 15 is 0 Å². The lowest BCUT2D eigenvalue weighted by Gasteiger charge is -2.23. The summed E-state index contributed by atoms with van der Waals surface area (Å²) in [6, 6.07) is -0.474. The van der Waals surface area contributed by atoms with E-state index in [1.54, 1.807) is 4.90 Å². The van der Waals surface area contributed by atoms with Gasteiger partial charge in [0.15, 0.2) is 0 Å². The minimum Gasteiger partial charge on any atom is -0.344 e. The summed E-state index contributed by atoms with van der Waals surface area (Å²) in [5.41, 5.74) is 0. The Bertz CT molecular complexity index is 419. The summed E-state index contributed by atoms with van der Waals surface area (Å²) in [5, 5.41) is 2.67. The highest BCUT2D eigenvalue weighted by molar-refractivity contribution is 7.90. The van der Waals surface area contributed by atoms with E-state index in [-0.39, 0.29) is 24.0 Å². The monoisotopic (exact) mass is 276 g/mol. The van der Waals surface area contributed by atoms with Gasteiger partial charge in [-0.15, -0.1) is 0 Å². The van der Waals surface area contributed by atoms with Gasteiger partial charge in [0.05, 0.1) is 5.75 Å². The normalized spacial score (nSPS) is 21.7. The largest absolute Gasteiger partial charge is 0.344 e. The van der Waals surface area contributed by atoms with Crippen molar-refractivity contribution >= 4 is 21.7 Å². The number of carbonyl (C=O) groups is 2. The van der Waals surface area contributed by atoms with Crippen LogP contribution in [0.2, 0.25) is 0 Å². The van der Waals surface area contributed by atoms with E-state index < -0.39 is 15.9 Å². The zero-order valence-corrected chi connectivity index (χ0v) is 11.6. The third kappa shape index (κ3) is 4.64. The van der Waals surface area contributed by atoms with Gasteiger partial charge in [0.25, 0.3) is 0 Å². The molecule has 7 heteroatoms. The molecule has 1 N–H and O–H groups in total. The number of hydrogen-bond acceptors (Lipinski definition) is 4. The number of rotatable bonds is 5. The van der Waals surface area contributed by atoms with Gasteiger partial charge in [-0.2, -0.15) is 0 Å². The molecule has 18 heavy (non-hydrogen) atoms. The summed E-state index contributed by atoms with van der Waals surface area (Å²) < 4.78 is 22.1. The van der Waals surface area contributed by atoms with E-state index in [1.807, 2.05) is 6.92 Å². The topological polar surface area (TPSA) is 83.6 Å². The van der Waals surface area contributed by atoms with E-state index in [0.717, 1.165) is 0 Å². The van der Waals surface area contributed by atoms with Crippen molar-refractivity contribution in [2.45, 2.75) is 32.2 Å². The predicted molar refractivity (Wildman–Crippen MR) is 67.7 cm³/mol. The molecule has 0 spiro atoms. The molecule has 2 amide bonds. The quantitative estimate of drug-likeness (QED) is 0.737. The van der Waals surface area contributed by atoms with Crippen LogP contribution in [0.3, 0.4) is 0 Å². The molecule has 1 aliphatic heterocycles. The smallest absolute Gasteiger partial charge is 0.245 e. The van der Waals surface area contributed by atoms with Gasteiger partial charge in [-0.05, 0) is 12.8 Å². The van der Waals surface area contributed by atoms with Crippen LogP contribution in [-0.2, 0) is 19.4 Å². The first-order chi connectivity index (χ1) is 8.33. The van der Waals surface area contributed by atoms with Crippen molar-refractivity contribution in [1.29, 1.82) is 0 Å². The molecular weight excluding hydrogens is 256 g/mol. The van der Waals surface area contributed by atoms with Gasteiger partial charge in [-0.25, -0.2) is 8.42 Å². The fraction of sp³-hybridized carbons (Fsp3) is 0.818. The Hall–Kier alpha value is -1.11. The Balaban J connectivity index is 2.58. The van der Waals surface area contributed by atoms with Crippen molar-refractivity contribution in [3.63, 3.8) is 0 Å². The summed E-state index contributed by atoms with van der Waals surface area (Å²) >= 11 is 0. The Morgan fingerprint density at radius 1 is 1.39 bits per heavy atom. The molecule has 0 bridgehead atoms. The molecule has 0 saturated carbocycles. The second-order valence-corrected chi connectivity index (χ2v) is 6.85. The summed E-state index contributed by atoms with van der Waals surface area (Å²) in [6.45, 7) is 2.59. The maximum Gasteiger partial charge on any atom is 0.245 e. The van der Waals surface area contributed by atoms with E-state index in [0.29, 0.717) is 25.9 Å². The standard InChI is InChI=1S/C11H20N2O4S/c1-3-9-11(15)13(7-5-10(14)12-9)6-4-8-18(2,16)17/h9H,3-8H2,1-2H3,(H,12,14). The van der Waals surface area contributed by atoms with E-state index in [1.165, 1.54) is 6.26 Å². The van der Waals surface area contributed by atoms with Crippen LogP contribution in [0.1, 0.15) is 26.2 Å². The molecule has 0 aromatic rings. The number of nitrogens with zero attached hydrogens (tertiary/aromatic N) is 1. The van der Waals surface area contributed by atoms with Gasteiger partial charge < -0.3 is 10.2 Å². The Morgan fingerprint density at radius 2 is 2.06 bits per heavy atom. The second-order valence-electron chi connectivity index (χ2n) is 4.59. The molecule has 1 aliphatic rings. The first-order valence-corrected chi connectivity index (χ1v) is 8.15. The molecule has 104 valence electrons. The first-order valence-electron chi connectivity index (χ1n) is 6.09. The fourth-order valence-electron chi connectivity index (χ4n) is 1.91. The Labute approximate surface area is 108 Å². The zero-order chi connectivity index (χ0) is 13.8. The average molecular weight is 276 g/mol. The number of amides is 2. The Morgan fingerprint density at radius 3 is 2.61 bits per heavy atom. The molecule has 1 fully saturated rings. The molecule has 1 saturated heterocycles. The molecular formula is C11H20N2O4S. The maximum atomic E-state index is 12.0. The number of hydrogen-bond donors (Lipinski definition) is 1. The minimum atomic E-state index is -3.00. The van der Waals surface area contributed by atoms with Crippen LogP contribution in [0.5, 0.6) is 0 Å². The van der Waals surface area contributed by atoms with Crippen molar-refractivity contribution in [2.24, 2.45) is 0 Å². The highest BCUT2D eigenvalue weighted by atomic mass is 32.2. The fourth-order valence-corrected chi connectivity index (χ4v) is 2.57. The molecule has 0 aromatic heterocycles. The van der Waals surface area contributed by atoms with Crippen LogP contribution in [0.4, 0.5) is 0 Å². The summed E-state index contributed by atoms with van der Waals surface area (Å²) in [4.78, 5) is 25.0. The summed E-state index contributed by atoms with van der Waals surface area (Å²) in [7, 11) is -3.00. The lowest BCUT2D eigenvalue weighted by molar-refractivity contribution is -0.133. The van der Waals surface area contributed by atoms with Crippen molar-refractivity contribution in [1.82, 2.24) is 10.2 Å². The molecule has 0 radical (unpaired) electrons. The van der Waals surface area contributed by atoms with Crippen LogP contribution in [0.15, 0.2) is 0 Å². The number of carbonyl (C=O) groups excluding carboxylic acids is 2. The van der Waals surface area contributed by atoms with Gasteiger partial charge in [0, 0.05) is 25.8 Å². The lowest BCUT2D eigenvalue weighted by atomic mass is 10.2. The van der Waals surface area contributed by atoms with Gasteiger partial charge in [-0.1, -0.05) is 6.92 Å². The molecule has 0 aliphatic carbocycles. The van der Waals surface area contributed by atoms with Crippen molar-refractivity contribution in [3.05, 3.63) is 0 Å². The molecule has 1 unspecified atom stereocenters. The molecule has 1 atom stereocenters. The lowest BCUT2D eigenvalue weighted by Crippen LogP contribution is -2.44. The van der Waals surface area contributed by atoms with Gasteiger partial charge in [0.2, 0.25) is 11.8 Å². The van der Waals surface area contributed by atoms with E-state index in [2.05, 4.69) is 5.32 Å². The highest BCUT2D eigenvalue weighted by Gasteiger charge is 2.28. The average Bonchev–Trinajstić information content (AvgIpc) is 2.39. The maximum absolute atomic E-state index is 12.0. The zero-order valence-electron chi connectivity index (χ0n) is 10.8. The number of nitrogens with one attached hydrogen (secondary N) is 1. The molecule has 0 aromatic carbocycles. The first kappa shape index (κ1) is 14.9. The van der Waals surface area contributed by atoms with Crippen LogP contribution in [-0.4, -0.2) is 56.3 Å². The van der Waals surface area contributed by atoms with Crippen molar-refractivity contribution < 1.29 is 18.0 Å². The molecule has 1 heterocycles. The summed E-state index contributed by atoms with van der Waals surface area (Å²) in [5.74, 6) is -0.174. The third-order valence-corrected chi connectivity index (χ3v) is 3.94. The Kier molecular flexibility index (Phi) is 5.13. The van der Waals surface area contributed by atoms with Crippen molar-refractivity contribution in [2.75, 3.05) is 25.1 Å². The minimum absolute atomic E-state index is 0.0644. The second kappa shape index (κ2) is 6.17. The highest BCUT2D eigenvalue weighted by Crippen LogP contribution is 2.07. The molecule has 1 rings (SSSR count). The van der Waals surface area contributed by atoms with E-state index in [9.17, 15) is 18.0 Å². The number of sulfone groups is 1. The van der Waals surface area contributed by atoms with Crippen LogP contribution in [0.25, 0.3) is 0 Å². The summed E-state index contributed by atoms with van der Waals surface area (Å²) in [6.07, 6.45) is 2.42. The van der Waals surface area contributed by atoms with Gasteiger partial charge in [0.1, 0.15) is 15.9 Å². The predicted octanol–water partition coefficient (Wildman–Crippen LogP) is -0.452. The molecule has 6 nitrogen and oxygen atoms in total. The third-order valence-electron chi connectivity index (χ3n) is 2.91.